The highest BCUT2D eigenvalue weighted by atomic mass is 28.4. The molecule has 112 valence electrons. The standard InChI is InChI=1S/C13H27NO4Si/c1-13(2,3)19(6,7)18-10-8-9-17-11(10)12(15)14(4)16-5/h10-11H,8-9H2,1-7H3/t10?,11-/m0/s1. The van der Waals surface area contributed by atoms with Crippen molar-refractivity contribution in [2.45, 2.75) is 57.5 Å². The Labute approximate surface area is 117 Å². The summed E-state index contributed by atoms with van der Waals surface area (Å²) in [7, 11) is 1.17. The molecular formula is C13H27NO4Si. The van der Waals surface area contributed by atoms with Gasteiger partial charge in [-0.15, -0.1) is 0 Å². The van der Waals surface area contributed by atoms with E-state index < -0.39 is 14.4 Å². The SMILES string of the molecule is CON(C)C(=O)[C@H]1OCCC1O[Si](C)(C)C(C)(C)C. The minimum atomic E-state index is -1.89. The van der Waals surface area contributed by atoms with E-state index in [1.54, 1.807) is 7.05 Å². The van der Waals surface area contributed by atoms with E-state index >= 15 is 0 Å². The fourth-order valence-electron chi connectivity index (χ4n) is 1.75. The normalized spacial score (nSPS) is 24.6. The van der Waals surface area contributed by atoms with E-state index in [0.29, 0.717) is 6.61 Å². The highest BCUT2D eigenvalue weighted by Gasteiger charge is 2.45. The second-order valence-corrected chi connectivity index (χ2v) is 11.3. The van der Waals surface area contributed by atoms with Crippen LogP contribution < -0.4 is 0 Å². The van der Waals surface area contributed by atoms with E-state index in [4.69, 9.17) is 14.0 Å². The van der Waals surface area contributed by atoms with Gasteiger partial charge in [0.25, 0.3) is 5.91 Å². The van der Waals surface area contributed by atoms with Crippen molar-refractivity contribution in [1.82, 2.24) is 5.06 Å². The molecule has 5 nitrogen and oxygen atoms in total. The van der Waals surface area contributed by atoms with Crippen molar-refractivity contribution in [1.29, 1.82) is 0 Å². The maximum Gasteiger partial charge on any atom is 0.277 e. The van der Waals surface area contributed by atoms with Crippen LogP contribution in [0.1, 0.15) is 27.2 Å². The molecule has 1 fully saturated rings. The number of rotatable bonds is 4. The lowest BCUT2D eigenvalue weighted by Gasteiger charge is -2.39. The Balaban J connectivity index is 2.75. The minimum absolute atomic E-state index is 0.121. The molecule has 19 heavy (non-hydrogen) atoms. The third kappa shape index (κ3) is 3.78. The number of hydrogen-bond donors (Lipinski definition) is 0. The van der Waals surface area contributed by atoms with Crippen LogP contribution in [-0.2, 0) is 18.8 Å². The number of hydroxylamine groups is 2. The first-order chi connectivity index (χ1) is 8.60. The molecule has 1 amide bonds. The molecule has 1 aliphatic rings. The van der Waals surface area contributed by atoms with Gasteiger partial charge in [0.15, 0.2) is 14.4 Å². The van der Waals surface area contributed by atoms with Crippen LogP contribution in [0.3, 0.4) is 0 Å². The monoisotopic (exact) mass is 289 g/mol. The molecule has 1 rings (SSSR count). The summed E-state index contributed by atoms with van der Waals surface area (Å²) in [5, 5.41) is 1.33. The van der Waals surface area contributed by atoms with Crippen molar-refractivity contribution >= 4 is 14.2 Å². The lowest BCUT2D eigenvalue weighted by atomic mass is 10.2. The van der Waals surface area contributed by atoms with Gasteiger partial charge >= 0.3 is 0 Å². The molecule has 1 heterocycles. The topological polar surface area (TPSA) is 48.0 Å². The number of likely N-dealkylation sites (N-methyl/N-ethyl adjacent to an activating group) is 1. The van der Waals surface area contributed by atoms with Gasteiger partial charge in [0.05, 0.1) is 19.8 Å². The Bertz CT molecular complexity index is 327. The van der Waals surface area contributed by atoms with E-state index in [-0.39, 0.29) is 17.0 Å². The number of ether oxygens (including phenoxy) is 1. The largest absolute Gasteiger partial charge is 0.411 e. The lowest BCUT2D eigenvalue weighted by molar-refractivity contribution is -0.181. The molecule has 0 aromatic carbocycles. The quantitative estimate of drug-likeness (QED) is 0.588. The van der Waals surface area contributed by atoms with Crippen LogP contribution in [-0.4, -0.2) is 52.3 Å². The summed E-state index contributed by atoms with van der Waals surface area (Å²) in [6.45, 7) is 11.5. The molecule has 0 saturated carbocycles. The molecule has 0 aromatic rings. The third-order valence-electron chi connectivity index (χ3n) is 4.12. The molecule has 0 aliphatic carbocycles. The van der Waals surface area contributed by atoms with Crippen molar-refractivity contribution in [3.63, 3.8) is 0 Å². The predicted octanol–water partition coefficient (Wildman–Crippen LogP) is 2.19. The molecule has 0 spiro atoms. The van der Waals surface area contributed by atoms with Gasteiger partial charge in [0, 0.05) is 7.05 Å². The Kier molecular flexibility index (Phi) is 5.17. The first kappa shape index (κ1) is 16.6. The number of carbonyl (C=O) groups is 1. The fourth-order valence-corrected chi connectivity index (χ4v) is 3.10. The highest BCUT2D eigenvalue weighted by Crippen LogP contribution is 2.39. The van der Waals surface area contributed by atoms with E-state index in [1.807, 2.05) is 0 Å². The maximum atomic E-state index is 12.1. The highest BCUT2D eigenvalue weighted by molar-refractivity contribution is 6.74. The molecule has 1 saturated heterocycles. The number of amides is 1. The molecule has 0 bridgehead atoms. The zero-order valence-electron chi connectivity index (χ0n) is 13.1. The Morgan fingerprint density at radius 3 is 2.42 bits per heavy atom. The smallest absolute Gasteiger partial charge is 0.277 e. The summed E-state index contributed by atoms with van der Waals surface area (Å²) in [5.41, 5.74) is 0. The van der Waals surface area contributed by atoms with E-state index in [9.17, 15) is 4.79 Å². The number of carbonyl (C=O) groups excluding carboxylic acids is 1. The zero-order valence-corrected chi connectivity index (χ0v) is 14.1. The number of nitrogens with zero attached hydrogens (tertiary/aromatic N) is 1. The van der Waals surface area contributed by atoms with Crippen LogP contribution in [0, 0.1) is 0 Å². The van der Waals surface area contributed by atoms with Crippen molar-refractivity contribution in [3.8, 4) is 0 Å². The first-order valence-corrected chi connectivity index (χ1v) is 9.62. The van der Waals surface area contributed by atoms with Crippen LogP contribution in [0.2, 0.25) is 18.1 Å². The molecule has 1 aliphatic heterocycles. The second-order valence-electron chi connectivity index (χ2n) is 6.51. The zero-order chi connectivity index (χ0) is 14.8. The molecule has 2 atom stereocenters. The van der Waals surface area contributed by atoms with Gasteiger partial charge in [-0.05, 0) is 24.6 Å². The summed E-state index contributed by atoms with van der Waals surface area (Å²) in [6.07, 6.45) is 0.0607. The molecule has 0 N–H and O–H groups in total. The summed E-state index contributed by atoms with van der Waals surface area (Å²) >= 11 is 0. The van der Waals surface area contributed by atoms with Gasteiger partial charge in [-0.25, -0.2) is 5.06 Å². The van der Waals surface area contributed by atoms with Gasteiger partial charge in [0.1, 0.15) is 0 Å². The minimum Gasteiger partial charge on any atom is -0.411 e. The Morgan fingerprint density at radius 2 is 1.95 bits per heavy atom. The Hall–Kier alpha value is -0.433. The van der Waals surface area contributed by atoms with Gasteiger partial charge in [-0.3, -0.25) is 9.63 Å². The average molecular weight is 289 g/mol. The van der Waals surface area contributed by atoms with Crippen LogP contribution in [0.15, 0.2) is 0 Å². The van der Waals surface area contributed by atoms with Gasteiger partial charge in [-0.2, -0.15) is 0 Å². The summed E-state index contributed by atoms with van der Waals surface area (Å²) in [6, 6.07) is 0. The molecule has 0 aromatic heterocycles. The van der Waals surface area contributed by atoms with Gasteiger partial charge in [-0.1, -0.05) is 20.8 Å². The maximum absolute atomic E-state index is 12.1. The van der Waals surface area contributed by atoms with Crippen LogP contribution >= 0.6 is 0 Å². The predicted molar refractivity (Wildman–Crippen MR) is 76.2 cm³/mol. The van der Waals surface area contributed by atoms with Crippen LogP contribution in [0.5, 0.6) is 0 Å². The fraction of sp³-hybridized carbons (Fsp3) is 0.923. The molecule has 6 heteroatoms. The van der Waals surface area contributed by atoms with Crippen LogP contribution in [0.25, 0.3) is 0 Å². The van der Waals surface area contributed by atoms with E-state index in [1.165, 1.54) is 12.2 Å². The summed E-state index contributed by atoms with van der Waals surface area (Å²) < 4.78 is 11.8. The Morgan fingerprint density at radius 1 is 1.37 bits per heavy atom. The molecular weight excluding hydrogens is 262 g/mol. The molecule has 0 radical (unpaired) electrons. The second kappa shape index (κ2) is 5.91. The van der Waals surface area contributed by atoms with Gasteiger partial charge < -0.3 is 9.16 Å². The third-order valence-corrected chi connectivity index (χ3v) is 8.62. The number of hydrogen-bond acceptors (Lipinski definition) is 4. The summed E-state index contributed by atoms with van der Waals surface area (Å²) in [5.74, 6) is -0.177. The average Bonchev–Trinajstić information content (AvgIpc) is 2.72. The van der Waals surface area contributed by atoms with Crippen LogP contribution in [0.4, 0.5) is 0 Å². The first-order valence-electron chi connectivity index (χ1n) is 6.71. The van der Waals surface area contributed by atoms with Crippen molar-refractivity contribution in [2.75, 3.05) is 20.8 Å². The van der Waals surface area contributed by atoms with Crippen molar-refractivity contribution in [2.24, 2.45) is 0 Å². The molecule has 1 unspecified atom stereocenters. The van der Waals surface area contributed by atoms with Gasteiger partial charge in [0.2, 0.25) is 0 Å². The van der Waals surface area contributed by atoms with Crippen molar-refractivity contribution in [3.05, 3.63) is 0 Å². The van der Waals surface area contributed by atoms with E-state index in [0.717, 1.165) is 6.42 Å². The van der Waals surface area contributed by atoms with E-state index in [2.05, 4.69) is 33.9 Å². The van der Waals surface area contributed by atoms with Crippen molar-refractivity contribution < 1.29 is 18.8 Å². The summed E-state index contributed by atoms with van der Waals surface area (Å²) in [4.78, 5) is 17.1. The lowest BCUT2D eigenvalue weighted by Crippen LogP contribution is -2.49.